The SMILES string of the molecule is CCn1c(=CC=CC2=[N+](CC)c3ccccc3C2(C)CCCCCC(=O)O)/c(=C/CCCCC(=O)O)c2ccccc21. The molecule has 0 saturated heterocycles. The van der Waals surface area contributed by atoms with Crippen LogP contribution in [-0.4, -0.2) is 43.6 Å². The molecule has 2 aromatic carbocycles. The third-order valence-electron chi connectivity index (χ3n) is 8.60. The minimum Gasteiger partial charge on any atom is -0.481 e. The average molecular weight is 570 g/mol. The van der Waals surface area contributed by atoms with Crippen molar-refractivity contribution < 1.29 is 24.4 Å². The van der Waals surface area contributed by atoms with Gasteiger partial charge in [-0.3, -0.25) is 9.59 Å². The molecule has 0 spiro atoms. The molecule has 222 valence electrons. The van der Waals surface area contributed by atoms with Crippen molar-refractivity contribution in [3.05, 3.63) is 76.8 Å². The molecular weight excluding hydrogens is 524 g/mol. The monoisotopic (exact) mass is 569 g/mol. The normalized spacial score (nSPS) is 17.6. The fourth-order valence-electron chi connectivity index (χ4n) is 6.53. The van der Waals surface area contributed by atoms with Crippen molar-refractivity contribution in [3.63, 3.8) is 0 Å². The Labute approximate surface area is 249 Å². The molecule has 2 N–H and O–H groups in total. The molecule has 4 rings (SSSR count). The van der Waals surface area contributed by atoms with Crippen LogP contribution in [0.1, 0.15) is 84.1 Å². The van der Waals surface area contributed by atoms with E-state index in [-0.39, 0.29) is 18.3 Å². The summed E-state index contributed by atoms with van der Waals surface area (Å²) >= 11 is 0. The number of rotatable bonds is 15. The van der Waals surface area contributed by atoms with Gasteiger partial charge < -0.3 is 14.8 Å². The minimum atomic E-state index is -0.739. The fourth-order valence-corrected chi connectivity index (χ4v) is 6.53. The van der Waals surface area contributed by atoms with E-state index in [1.165, 1.54) is 38.4 Å². The van der Waals surface area contributed by atoms with E-state index in [1.54, 1.807) is 0 Å². The zero-order valence-electron chi connectivity index (χ0n) is 25.3. The third-order valence-corrected chi connectivity index (χ3v) is 8.60. The van der Waals surface area contributed by atoms with Gasteiger partial charge in [-0.25, -0.2) is 0 Å². The molecule has 0 radical (unpaired) electrons. The van der Waals surface area contributed by atoms with E-state index in [0.29, 0.717) is 12.8 Å². The molecule has 6 nitrogen and oxygen atoms in total. The number of fused-ring (bicyclic) bond motifs is 2. The van der Waals surface area contributed by atoms with Crippen LogP contribution in [0.4, 0.5) is 5.69 Å². The van der Waals surface area contributed by atoms with Gasteiger partial charge in [0.25, 0.3) is 0 Å². The van der Waals surface area contributed by atoms with Crippen molar-refractivity contribution in [2.75, 3.05) is 6.54 Å². The number of aromatic nitrogens is 1. The number of carboxylic acid groups (broad SMARTS) is 2. The quantitative estimate of drug-likeness (QED) is 0.161. The lowest BCUT2D eigenvalue weighted by Gasteiger charge is -2.22. The molecule has 1 aliphatic rings. The maximum atomic E-state index is 11.0. The highest BCUT2D eigenvalue weighted by molar-refractivity contribution is 6.04. The number of nitrogens with zero attached hydrogens (tertiary/aromatic N) is 2. The van der Waals surface area contributed by atoms with E-state index < -0.39 is 11.9 Å². The molecule has 42 heavy (non-hydrogen) atoms. The summed E-state index contributed by atoms with van der Waals surface area (Å²) in [5.74, 6) is -1.46. The molecule has 0 amide bonds. The van der Waals surface area contributed by atoms with Crippen molar-refractivity contribution >= 4 is 46.4 Å². The fraction of sp³-hybridized carbons (Fsp3) is 0.417. The second-order valence-corrected chi connectivity index (χ2v) is 11.4. The summed E-state index contributed by atoms with van der Waals surface area (Å²) in [6.07, 6.45) is 15.3. The van der Waals surface area contributed by atoms with Crippen LogP contribution in [0.15, 0.2) is 60.7 Å². The predicted octanol–water partition coefficient (Wildman–Crippen LogP) is 6.53. The van der Waals surface area contributed by atoms with Gasteiger partial charge in [0.2, 0.25) is 5.69 Å². The number of allylic oxidation sites excluding steroid dienone is 2. The van der Waals surface area contributed by atoms with E-state index >= 15 is 0 Å². The summed E-state index contributed by atoms with van der Waals surface area (Å²) < 4.78 is 4.78. The summed E-state index contributed by atoms with van der Waals surface area (Å²) in [5.41, 5.74) is 4.92. The van der Waals surface area contributed by atoms with Gasteiger partial charge in [-0.2, -0.15) is 4.58 Å². The number of unbranched alkanes of at least 4 members (excludes halogenated alkanes) is 4. The Balaban J connectivity index is 1.72. The van der Waals surface area contributed by atoms with Gasteiger partial charge in [0.15, 0.2) is 5.71 Å². The van der Waals surface area contributed by atoms with E-state index in [2.05, 4.69) is 103 Å². The molecule has 1 atom stereocenters. The first-order chi connectivity index (χ1) is 20.3. The Morgan fingerprint density at radius 3 is 2.31 bits per heavy atom. The first kappa shape index (κ1) is 31.0. The minimum absolute atomic E-state index is 0.156. The topological polar surface area (TPSA) is 82.5 Å². The Hall–Kier alpha value is -3.93. The molecule has 0 fully saturated rings. The number of aryl methyl sites for hydroxylation is 1. The maximum absolute atomic E-state index is 11.0. The van der Waals surface area contributed by atoms with Crippen LogP contribution in [0.5, 0.6) is 0 Å². The van der Waals surface area contributed by atoms with E-state index in [9.17, 15) is 9.59 Å². The summed E-state index contributed by atoms with van der Waals surface area (Å²) in [6, 6.07) is 17.2. The predicted molar refractivity (Wildman–Crippen MR) is 171 cm³/mol. The highest BCUT2D eigenvalue weighted by Gasteiger charge is 2.46. The van der Waals surface area contributed by atoms with Gasteiger partial charge in [0.1, 0.15) is 6.54 Å². The number of aliphatic carboxylic acids is 2. The van der Waals surface area contributed by atoms with Crippen LogP contribution in [0.25, 0.3) is 23.1 Å². The van der Waals surface area contributed by atoms with Gasteiger partial charge in [-0.05, 0) is 65.0 Å². The van der Waals surface area contributed by atoms with Crippen LogP contribution in [0.3, 0.4) is 0 Å². The lowest BCUT2D eigenvalue weighted by atomic mass is 9.75. The van der Waals surface area contributed by atoms with Crippen LogP contribution in [0, 0.1) is 0 Å². The molecule has 1 aromatic heterocycles. The Morgan fingerprint density at radius 2 is 1.60 bits per heavy atom. The van der Waals surface area contributed by atoms with Crippen LogP contribution >= 0.6 is 0 Å². The second kappa shape index (κ2) is 14.3. The zero-order valence-corrected chi connectivity index (χ0v) is 25.3. The van der Waals surface area contributed by atoms with E-state index in [0.717, 1.165) is 45.2 Å². The maximum Gasteiger partial charge on any atom is 0.303 e. The average Bonchev–Trinajstić information content (AvgIpc) is 3.40. The number of hydrogen-bond acceptors (Lipinski definition) is 2. The van der Waals surface area contributed by atoms with Crippen LogP contribution < -0.4 is 10.6 Å². The molecule has 0 bridgehead atoms. The third kappa shape index (κ3) is 6.75. The molecular formula is C36H45N2O4+. The number of carbonyl (C=O) groups is 2. The lowest BCUT2D eigenvalue weighted by Crippen LogP contribution is -2.31. The second-order valence-electron chi connectivity index (χ2n) is 11.4. The Morgan fingerprint density at radius 1 is 0.905 bits per heavy atom. The first-order valence-corrected chi connectivity index (χ1v) is 15.5. The number of hydrogen-bond donors (Lipinski definition) is 2. The van der Waals surface area contributed by atoms with Crippen molar-refractivity contribution in [2.24, 2.45) is 0 Å². The van der Waals surface area contributed by atoms with E-state index in [4.69, 9.17) is 10.2 Å². The molecule has 3 aromatic rings. The van der Waals surface area contributed by atoms with Gasteiger partial charge in [0, 0.05) is 58.6 Å². The van der Waals surface area contributed by atoms with Gasteiger partial charge in [-0.1, -0.05) is 61.4 Å². The summed E-state index contributed by atoms with van der Waals surface area (Å²) in [5, 5.41) is 21.7. The molecule has 2 heterocycles. The summed E-state index contributed by atoms with van der Waals surface area (Å²) in [4.78, 5) is 22.0. The highest BCUT2D eigenvalue weighted by atomic mass is 16.4. The number of benzene rings is 2. The molecule has 1 unspecified atom stereocenters. The Bertz CT molecular complexity index is 1610. The van der Waals surface area contributed by atoms with Gasteiger partial charge in [-0.15, -0.1) is 0 Å². The highest BCUT2D eigenvalue weighted by Crippen LogP contribution is 2.43. The van der Waals surface area contributed by atoms with Gasteiger partial charge in [0.05, 0.1) is 5.41 Å². The largest absolute Gasteiger partial charge is 0.481 e. The van der Waals surface area contributed by atoms with E-state index in [1.807, 2.05) is 0 Å². The van der Waals surface area contributed by atoms with Crippen molar-refractivity contribution in [2.45, 2.75) is 90.5 Å². The summed E-state index contributed by atoms with van der Waals surface area (Å²) in [7, 11) is 0. The molecule has 0 aliphatic carbocycles. The lowest BCUT2D eigenvalue weighted by molar-refractivity contribution is -0.433. The molecule has 6 heteroatoms. The summed E-state index contributed by atoms with van der Waals surface area (Å²) in [6.45, 7) is 8.42. The zero-order chi connectivity index (χ0) is 30.1. The standard InChI is InChI=1S/C36H44N2O4/c1-4-37-30-20-13-11-18-28(30)27(17-8-6-9-24-34(39)40)31(37)22-16-23-33-36(3,26-15-7-10-25-35(41)42)29-19-12-14-21-32(29)38(33)5-2/h11-14,16-23H,4-10,15,24-26H2,1-3H3,(H-,39,40,41,42)/p+1/b27-17+. The number of carboxylic acids is 2. The van der Waals surface area contributed by atoms with Gasteiger partial charge >= 0.3 is 11.9 Å². The van der Waals surface area contributed by atoms with Crippen LogP contribution in [-0.2, 0) is 21.5 Å². The first-order valence-electron chi connectivity index (χ1n) is 15.5. The Kier molecular flexibility index (Phi) is 10.6. The van der Waals surface area contributed by atoms with Crippen molar-refractivity contribution in [3.8, 4) is 0 Å². The number of para-hydroxylation sites is 2. The smallest absolute Gasteiger partial charge is 0.303 e. The molecule has 1 aliphatic heterocycles. The molecule has 0 saturated carbocycles. The van der Waals surface area contributed by atoms with Crippen LogP contribution in [0.2, 0.25) is 0 Å². The van der Waals surface area contributed by atoms with Crippen molar-refractivity contribution in [1.29, 1.82) is 0 Å². The van der Waals surface area contributed by atoms with Crippen molar-refractivity contribution in [1.82, 2.24) is 4.57 Å².